The van der Waals surface area contributed by atoms with Gasteiger partial charge in [0.15, 0.2) is 5.78 Å². The summed E-state index contributed by atoms with van der Waals surface area (Å²) in [7, 11) is 0. The number of aliphatic hydroxyl groups is 1. The molecule has 1 N–H and O–H groups in total. The van der Waals surface area contributed by atoms with Crippen LogP contribution in [0.2, 0.25) is 0 Å². The first-order chi connectivity index (χ1) is 8.51. The van der Waals surface area contributed by atoms with Crippen LogP contribution in [-0.2, 0) is 11.2 Å². The third-order valence-corrected chi connectivity index (χ3v) is 4.14. The van der Waals surface area contributed by atoms with E-state index in [1.807, 2.05) is 12.1 Å². The maximum atomic E-state index is 12.2. The van der Waals surface area contributed by atoms with Crippen molar-refractivity contribution in [3.63, 3.8) is 0 Å². The summed E-state index contributed by atoms with van der Waals surface area (Å²) in [6.45, 7) is 4.12. The Morgan fingerprint density at radius 3 is 2.44 bits per heavy atom. The summed E-state index contributed by atoms with van der Waals surface area (Å²) >= 11 is 0. The molecule has 0 aliphatic heterocycles. The van der Waals surface area contributed by atoms with Gasteiger partial charge in [-0.2, -0.15) is 0 Å². The zero-order valence-corrected chi connectivity index (χ0v) is 11.3. The molecule has 0 aromatic heterocycles. The molecule has 0 amide bonds. The molecule has 0 heterocycles. The maximum absolute atomic E-state index is 12.2. The molecule has 2 nitrogen and oxygen atoms in total. The summed E-state index contributed by atoms with van der Waals surface area (Å²) in [5.41, 5.74) is 2.40. The van der Waals surface area contributed by atoms with Gasteiger partial charge in [-0.15, -0.1) is 0 Å². The lowest BCUT2D eigenvalue weighted by atomic mass is 9.80. The Morgan fingerprint density at radius 1 is 1.17 bits per heavy atom. The first-order valence-electron chi connectivity index (χ1n) is 6.83. The van der Waals surface area contributed by atoms with Crippen molar-refractivity contribution in [2.75, 3.05) is 0 Å². The molecule has 0 radical (unpaired) electrons. The molecule has 0 saturated heterocycles. The highest BCUT2D eigenvalue weighted by atomic mass is 16.3. The monoisotopic (exact) mass is 246 g/mol. The van der Waals surface area contributed by atoms with Gasteiger partial charge >= 0.3 is 0 Å². The van der Waals surface area contributed by atoms with E-state index in [1.165, 1.54) is 11.1 Å². The molecule has 1 fully saturated rings. The lowest BCUT2D eigenvalue weighted by Crippen LogP contribution is -2.41. The van der Waals surface area contributed by atoms with Gasteiger partial charge in [0, 0.05) is 6.42 Å². The molecule has 1 aromatic rings. The summed E-state index contributed by atoms with van der Waals surface area (Å²) in [5, 5.41) is 10.4. The van der Waals surface area contributed by atoms with Crippen molar-refractivity contribution < 1.29 is 9.90 Å². The van der Waals surface area contributed by atoms with Gasteiger partial charge in [0.1, 0.15) is 5.60 Å². The first kappa shape index (κ1) is 13.3. The number of aryl methyl sites for hydroxylation is 2. The van der Waals surface area contributed by atoms with Crippen molar-refractivity contribution >= 4 is 5.78 Å². The quantitative estimate of drug-likeness (QED) is 0.889. The molecule has 1 aromatic carbocycles. The van der Waals surface area contributed by atoms with Gasteiger partial charge in [-0.1, -0.05) is 37.5 Å². The molecule has 1 aliphatic rings. The Labute approximate surface area is 109 Å². The number of ketones is 1. The Kier molecular flexibility index (Phi) is 3.86. The third kappa shape index (κ3) is 2.81. The van der Waals surface area contributed by atoms with E-state index in [0.29, 0.717) is 19.3 Å². The fourth-order valence-corrected chi connectivity index (χ4v) is 2.68. The van der Waals surface area contributed by atoms with Gasteiger partial charge in [-0.25, -0.2) is 0 Å². The van der Waals surface area contributed by atoms with Crippen molar-refractivity contribution in [1.29, 1.82) is 0 Å². The van der Waals surface area contributed by atoms with Crippen LogP contribution >= 0.6 is 0 Å². The van der Waals surface area contributed by atoms with Crippen LogP contribution in [0.3, 0.4) is 0 Å². The van der Waals surface area contributed by atoms with E-state index in [-0.39, 0.29) is 5.78 Å². The predicted octanol–water partition coefficient (Wildman–Crippen LogP) is 3.11. The minimum absolute atomic E-state index is 0.00884. The molecule has 98 valence electrons. The molecule has 0 unspecified atom stereocenters. The molecule has 0 atom stereocenters. The number of carbonyl (C=O) groups excluding carboxylic acids is 1. The van der Waals surface area contributed by atoms with Crippen LogP contribution in [0.5, 0.6) is 0 Å². The summed E-state index contributed by atoms with van der Waals surface area (Å²) in [6, 6.07) is 6.09. The molecule has 0 bridgehead atoms. The average Bonchev–Trinajstić information content (AvgIpc) is 2.35. The van der Waals surface area contributed by atoms with Gasteiger partial charge in [0.25, 0.3) is 0 Å². The summed E-state index contributed by atoms with van der Waals surface area (Å²) < 4.78 is 0. The Morgan fingerprint density at radius 2 is 1.83 bits per heavy atom. The second-order valence-electron chi connectivity index (χ2n) is 5.61. The van der Waals surface area contributed by atoms with Crippen molar-refractivity contribution in [1.82, 2.24) is 0 Å². The van der Waals surface area contributed by atoms with Crippen molar-refractivity contribution in [3.8, 4) is 0 Å². The fraction of sp³-hybridized carbons (Fsp3) is 0.562. The lowest BCUT2D eigenvalue weighted by molar-refractivity contribution is -0.139. The minimum atomic E-state index is -1.06. The normalized spacial score (nSPS) is 18.6. The van der Waals surface area contributed by atoms with Crippen LogP contribution in [0.4, 0.5) is 0 Å². The van der Waals surface area contributed by atoms with Crippen molar-refractivity contribution in [3.05, 3.63) is 34.9 Å². The van der Waals surface area contributed by atoms with Gasteiger partial charge in [0.2, 0.25) is 0 Å². The minimum Gasteiger partial charge on any atom is -0.382 e. The second kappa shape index (κ2) is 5.23. The van der Waals surface area contributed by atoms with Crippen LogP contribution in [0.15, 0.2) is 18.2 Å². The highest BCUT2D eigenvalue weighted by molar-refractivity contribution is 5.89. The summed E-state index contributed by atoms with van der Waals surface area (Å²) in [5.74, 6) is -0.00884. The van der Waals surface area contributed by atoms with E-state index >= 15 is 0 Å². The van der Waals surface area contributed by atoms with Crippen molar-refractivity contribution in [2.45, 2.75) is 58.0 Å². The number of benzene rings is 1. The highest BCUT2D eigenvalue weighted by Crippen LogP contribution is 2.30. The molecular formula is C16H22O2. The molecular weight excluding hydrogens is 224 g/mol. The number of Topliss-reactive ketones (excluding diaryl/α,β-unsaturated/α-hetero) is 1. The van der Waals surface area contributed by atoms with E-state index in [0.717, 1.165) is 24.8 Å². The standard InChI is InChI=1S/C16H22O2/c1-12-6-7-14(10-13(12)2)11-15(17)16(18)8-4-3-5-9-16/h6-7,10,18H,3-5,8-9,11H2,1-2H3. The molecule has 1 saturated carbocycles. The maximum Gasteiger partial charge on any atom is 0.168 e. The van der Waals surface area contributed by atoms with Crippen LogP contribution in [0.25, 0.3) is 0 Å². The number of carbonyl (C=O) groups is 1. The van der Waals surface area contributed by atoms with E-state index in [1.54, 1.807) is 0 Å². The number of hydrogen-bond donors (Lipinski definition) is 1. The van der Waals surface area contributed by atoms with Crippen LogP contribution < -0.4 is 0 Å². The zero-order valence-electron chi connectivity index (χ0n) is 11.3. The molecule has 2 heteroatoms. The van der Waals surface area contributed by atoms with Crippen LogP contribution in [0, 0.1) is 13.8 Å². The van der Waals surface area contributed by atoms with Gasteiger partial charge in [-0.3, -0.25) is 4.79 Å². The van der Waals surface area contributed by atoms with Crippen molar-refractivity contribution in [2.24, 2.45) is 0 Å². The van der Waals surface area contributed by atoms with E-state index in [2.05, 4.69) is 19.9 Å². The fourth-order valence-electron chi connectivity index (χ4n) is 2.68. The van der Waals surface area contributed by atoms with E-state index in [9.17, 15) is 9.90 Å². The zero-order chi connectivity index (χ0) is 13.2. The Hall–Kier alpha value is -1.15. The van der Waals surface area contributed by atoms with Gasteiger partial charge in [0.05, 0.1) is 0 Å². The second-order valence-corrected chi connectivity index (χ2v) is 5.61. The van der Waals surface area contributed by atoms with E-state index < -0.39 is 5.60 Å². The lowest BCUT2D eigenvalue weighted by Gasteiger charge is -2.30. The molecule has 0 spiro atoms. The Balaban J connectivity index is 2.08. The first-order valence-corrected chi connectivity index (χ1v) is 6.83. The van der Waals surface area contributed by atoms with Crippen LogP contribution in [0.1, 0.15) is 48.8 Å². The average molecular weight is 246 g/mol. The molecule has 2 rings (SSSR count). The number of rotatable bonds is 3. The summed E-state index contributed by atoms with van der Waals surface area (Å²) in [4.78, 5) is 12.2. The topological polar surface area (TPSA) is 37.3 Å². The molecule has 1 aliphatic carbocycles. The largest absolute Gasteiger partial charge is 0.382 e. The molecule has 18 heavy (non-hydrogen) atoms. The smallest absolute Gasteiger partial charge is 0.168 e. The van der Waals surface area contributed by atoms with E-state index in [4.69, 9.17) is 0 Å². The van der Waals surface area contributed by atoms with Gasteiger partial charge in [-0.05, 0) is 43.4 Å². The Bertz CT molecular complexity index is 442. The van der Waals surface area contributed by atoms with Gasteiger partial charge < -0.3 is 5.11 Å². The van der Waals surface area contributed by atoms with Crippen LogP contribution in [-0.4, -0.2) is 16.5 Å². The third-order valence-electron chi connectivity index (χ3n) is 4.14. The predicted molar refractivity (Wildman–Crippen MR) is 72.7 cm³/mol. The number of hydrogen-bond acceptors (Lipinski definition) is 2. The SMILES string of the molecule is Cc1ccc(CC(=O)C2(O)CCCCC2)cc1C. The summed E-state index contributed by atoms with van der Waals surface area (Å²) in [6.07, 6.45) is 4.70. The highest BCUT2D eigenvalue weighted by Gasteiger charge is 2.36.